The van der Waals surface area contributed by atoms with Gasteiger partial charge in [-0.25, -0.2) is 4.57 Å². The minimum absolute atomic E-state index is 0.194. The summed E-state index contributed by atoms with van der Waals surface area (Å²) in [5.41, 5.74) is 0. The lowest BCUT2D eigenvalue weighted by molar-refractivity contribution is -0.121. The molecule has 27 heavy (non-hydrogen) atoms. The molecule has 5 unspecified atom stereocenters. The van der Waals surface area contributed by atoms with Gasteiger partial charge < -0.3 is 24.7 Å². The Morgan fingerprint density at radius 1 is 1.04 bits per heavy atom. The molecule has 5 atom stereocenters. The standard InChI is InChI=1S/C18H35O8P/c1-3-14(13(2)19)10-8-6-4-5-7-9-11-15-17(20)18(21)16(26-15)12-25-27(22,23)24/h14-18,20-21H,3-12H2,1-2H3,(H2,22,23,24). The lowest BCUT2D eigenvalue weighted by atomic mass is 9.94. The van der Waals surface area contributed by atoms with Crippen LogP contribution in [0.15, 0.2) is 0 Å². The highest BCUT2D eigenvalue weighted by Gasteiger charge is 2.42. The van der Waals surface area contributed by atoms with Crippen LogP contribution in [0.25, 0.3) is 0 Å². The fourth-order valence-electron chi connectivity index (χ4n) is 3.51. The third-order valence-electron chi connectivity index (χ3n) is 5.23. The Labute approximate surface area is 161 Å². The number of aliphatic hydroxyl groups excluding tert-OH is 2. The molecule has 0 aromatic carbocycles. The second-order valence-corrected chi connectivity index (χ2v) is 8.63. The third kappa shape index (κ3) is 9.61. The summed E-state index contributed by atoms with van der Waals surface area (Å²) in [6.45, 7) is 3.25. The van der Waals surface area contributed by atoms with Crippen LogP contribution < -0.4 is 0 Å². The average Bonchev–Trinajstić information content (AvgIpc) is 2.85. The molecule has 4 N–H and O–H groups in total. The van der Waals surface area contributed by atoms with Crippen LogP contribution in [0.3, 0.4) is 0 Å². The first-order valence-electron chi connectivity index (χ1n) is 9.87. The van der Waals surface area contributed by atoms with E-state index in [2.05, 4.69) is 4.52 Å². The lowest BCUT2D eigenvalue weighted by Gasteiger charge is -2.15. The third-order valence-corrected chi connectivity index (χ3v) is 5.71. The number of aliphatic hydroxyl groups is 2. The molecular weight excluding hydrogens is 375 g/mol. The van der Waals surface area contributed by atoms with Gasteiger partial charge in [-0.2, -0.15) is 0 Å². The molecule has 1 saturated heterocycles. The van der Waals surface area contributed by atoms with Crippen LogP contribution in [0.5, 0.6) is 0 Å². The zero-order chi connectivity index (χ0) is 20.4. The molecule has 1 rings (SSSR count). The first-order chi connectivity index (χ1) is 12.7. The molecule has 0 aliphatic carbocycles. The number of ketones is 1. The Kier molecular flexibility index (Phi) is 11.2. The quantitative estimate of drug-likeness (QED) is 0.253. The van der Waals surface area contributed by atoms with Crippen molar-refractivity contribution < 1.29 is 38.6 Å². The van der Waals surface area contributed by atoms with Gasteiger partial charge in [0.15, 0.2) is 0 Å². The summed E-state index contributed by atoms with van der Waals surface area (Å²) in [7, 11) is -4.63. The van der Waals surface area contributed by atoms with E-state index in [4.69, 9.17) is 14.5 Å². The average molecular weight is 410 g/mol. The van der Waals surface area contributed by atoms with E-state index in [1.54, 1.807) is 6.92 Å². The molecule has 0 amide bonds. The van der Waals surface area contributed by atoms with Crippen molar-refractivity contribution in [1.82, 2.24) is 0 Å². The summed E-state index contributed by atoms with van der Waals surface area (Å²) >= 11 is 0. The van der Waals surface area contributed by atoms with E-state index >= 15 is 0 Å². The van der Waals surface area contributed by atoms with Gasteiger partial charge in [0.2, 0.25) is 0 Å². The fraction of sp³-hybridized carbons (Fsp3) is 0.944. The first-order valence-corrected chi connectivity index (χ1v) is 11.4. The van der Waals surface area contributed by atoms with Crippen molar-refractivity contribution in [3.05, 3.63) is 0 Å². The van der Waals surface area contributed by atoms with Crippen LogP contribution in [-0.4, -0.2) is 56.8 Å². The van der Waals surface area contributed by atoms with E-state index in [-0.39, 0.29) is 11.7 Å². The highest BCUT2D eigenvalue weighted by molar-refractivity contribution is 7.46. The number of rotatable bonds is 14. The van der Waals surface area contributed by atoms with Crippen LogP contribution in [0.2, 0.25) is 0 Å². The van der Waals surface area contributed by atoms with Gasteiger partial charge in [0.1, 0.15) is 24.1 Å². The Morgan fingerprint density at radius 3 is 2.15 bits per heavy atom. The molecule has 1 aliphatic rings. The summed E-state index contributed by atoms with van der Waals surface area (Å²) in [5, 5.41) is 19.9. The molecule has 1 heterocycles. The van der Waals surface area contributed by atoms with Gasteiger partial charge in [-0.3, -0.25) is 9.32 Å². The number of Topliss-reactive ketones (excluding diaryl/α,β-unsaturated/α-hetero) is 1. The van der Waals surface area contributed by atoms with Crippen LogP contribution in [0, 0.1) is 5.92 Å². The predicted molar refractivity (Wildman–Crippen MR) is 100 cm³/mol. The van der Waals surface area contributed by atoms with E-state index in [0.717, 1.165) is 51.4 Å². The number of hydrogen-bond acceptors (Lipinski definition) is 6. The SMILES string of the molecule is CCC(CCCCCCCCC1OC(COP(=O)(O)O)C(O)C1O)C(C)=O. The number of carbonyl (C=O) groups is 1. The Morgan fingerprint density at radius 2 is 1.59 bits per heavy atom. The highest BCUT2D eigenvalue weighted by Crippen LogP contribution is 2.37. The van der Waals surface area contributed by atoms with Gasteiger partial charge in [-0.1, -0.05) is 45.4 Å². The zero-order valence-corrected chi connectivity index (χ0v) is 17.2. The van der Waals surface area contributed by atoms with E-state index in [1.807, 2.05) is 6.92 Å². The highest BCUT2D eigenvalue weighted by atomic mass is 31.2. The zero-order valence-electron chi connectivity index (χ0n) is 16.3. The Hall–Kier alpha value is -0.340. The minimum atomic E-state index is -4.63. The summed E-state index contributed by atoms with van der Waals surface area (Å²) in [4.78, 5) is 28.8. The molecule has 160 valence electrons. The molecule has 0 spiro atoms. The first kappa shape index (κ1) is 24.7. The van der Waals surface area contributed by atoms with Gasteiger partial charge in [0.05, 0.1) is 12.7 Å². The number of unbranched alkanes of at least 4 members (excludes halogenated alkanes) is 5. The topological polar surface area (TPSA) is 134 Å². The van der Waals surface area contributed by atoms with Crippen molar-refractivity contribution in [3.8, 4) is 0 Å². The van der Waals surface area contributed by atoms with Crippen LogP contribution in [-0.2, 0) is 18.6 Å². The summed E-state index contributed by atoms with van der Waals surface area (Å²) in [6, 6.07) is 0. The maximum atomic E-state index is 11.4. The van der Waals surface area contributed by atoms with Crippen LogP contribution in [0.1, 0.15) is 71.6 Å². The lowest BCUT2D eigenvalue weighted by Crippen LogP contribution is -2.34. The number of carbonyl (C=O) groups excluding carboxylic acids is 1. The molecule has 9 heteroatoms. The van der Waals surface area contributed by atoms with Crippen molar-refractivity contribution in [2.75, 3.05) is 6.61 Å². The molecule has 8 nitrogen and oxygen atoms in total. The number of hydrogen-bond donors (Lipinski definition) is 4. The van der Waals surface area contributed by atoms with E-state index in [1.165, 1.54) is 0 Å². The summed E-state index contributed by atoms with van der Waals surface area (Å²) < 4.78 is 20.6. The Balaban J connectivity index is 2.12. The second-order valence-electron chi connectivity index (χ2n) is 7.40. The van der Waals surface area contributed by atoms with E-state index in [9.17, 15) is 19.6 Å². The molecule has 0 aromatic rings. The molecular formula is C18H35O8P. The maximum absolute atomic E-state index is 11.4. The van der Waals surface area contributed by atoms with E-state index in [0.29, 0.717) is 6.42 Å². The summed E-state index contributed by atoms with van der Waals surface area (Å²) in [6.07, 6.45) is 4.82. The van der Waals surface area contributed by atoms with Crippen molar-refractivity contribution >= 4 is 13.6 Å². The van der Waals surface area contributed by atoms with Crippen molar-refractivity contribution in [1.29, 1.82) is 0 Å². The van der Waals surface area contributed by atoms with Gasteiger partial charge >= 0.3 is 7.82 Å². The van der Waals surface area contributed by atoms with Gasteiger partial charge in [0.25, 0.3) is 0 Å². The molecule has 0 bridgehead atoms. The van der Waals surface area contributed by atoms with E-state index < -0.39 is 38.8 Å². The number of phosphoric acid groups is 1. The van der Waals surface area contributed by atoms with Crippen molar-refractivity contribution in [2.45, 2.75) is 96.1 Å². The van der Waals surface area contributed by atoms with Gasteiger partial charge in [-0.15, -0.1) is 0 Å². The summed E-state index contributed by atoms with van der Waals surface area (Å²) in [5.74, 6) is 0.472. The largest absolute Gasteiger partial charge is 0.469 e. The predicted octanol–water partition coefficient (Wildman–Crippen LogP) is 2.32. The van der Waals surface area contributed by atoms with Gasteiger partial charge in [-0.05, 0) is 26.2 Å². The molecule has 0 radical (unpaired) electrons. The molecule has 0 aromatic heterocycles. The molecule has 1 fully saturated rings. The fourth-order valence-corrected chi connectivity index (χ4v) is 3.85. The van der Waals surface area contributed by atoms with Gasteiger partial charge in [0, 0.05) is 5.92 Å². The van der Waals surface area contributed by atoms with Crippen LogP contribution >= 0.6 is 7.82 Å². The number of ether oxygens (including phenoxy) is 1. The monoisotopic (exact) mass is 410 g/mol. The Bertz CT molecular complexity index is 480. The van der Waals surface area contributed by atoms with Crippen molar-refractivity contribution in [2.24, 2.45) is 5.92 Å². The molecule has 0 saturated carbocycles. The smallest absolute Gasteiger partial charge is 0.388 e. The van der Waals surface area contributed by atoms with Crippen LogP contribution in [0.4, 0.5) is 0 Å². The van der Waals surface area contributed by atoms with Crippen molar-refractivity contribution in [3.63, 3.8) is 0 Å². The normalized spacial score (nSPS) is 27.0. The number of phosphoric ester groups is 1. The molecule has 1 aliphatic heterocycles. The minimum Gasteiger partial charge on any atom is -0.388 e. The maximum Gasteiger partial charge on any atom is 0.469 e. The second kappa shape index (κ2) is 12.3.